The highest BCUT2D eigenvalue weighted by Crippen LogP contribution is 2.35. The number of piperidine rings is 1. The molecule has 198 valence electrons. The van der Waals surface area contributed by atoms with Gasteiger partial charge in [-0.25, -0.2) is 14.6 Å². The number of anilines is 1. The van der Waals surface area contributed by atoms with Crippen LogP contribution in [0.25, 0.3) is 16.7 Å². The molecule has 4 saturated heterocycles. The van der Waals surface area contributed by atoms with Crippen molar-refractivity contribution in [1.82, 2.24) is 29.5 Å². The average Bonchev–Trinajstić information content (AvgIpc) is 3.49. The summed E-state index contributed by atoms with van der Waals surface area (Å²) in [5.41, 5.74) is 3.99. The fourth-order valence-corrected chi connectivity index (χ4v) is 6.84. The lowest BCUT2D eigenvalue weighted by Gasteiger charge is -2.41. The third-order valence-electron chi connectivity index (χ3n) is 9.00. The van der Waals surface area contributed by atoms with E-state index in [1.807, 2.05) is 17.8 Å². The Morgan fingerprint density at radius 1 is 0.838 bits per heavy atom. The first kappa shape index (κ1) is 25.1. The molecule has 0 radical (unpaired) electrons. The van der Waals surface area contributed by atoms with Crippen LogP contribution in [-0.2, 0) is 4.74 Å². The van der Waals surface area contributed by atoms with E-state index in [0.717, 1.165) is 68.9 Å². The van der Waals surface area contributed by atoms with E-state index < -0.39 is 0 Å². The molecule has 0 N–H and O–H groups in total. The summed E-state index contributed by atoms with van der Waals surface area (Å²) in [6, 6.07) is 8.15. The van der Waals surface area contributed by atoms with E-state index in [-0.39, 0.29) is 13.5 Å². The lowest BCUT2D eigenvalue weighted by atomic mass is 9.85. The smallest absolute Gasteiger partial charge is 0.159 e. The van der Waals surface area contributed by atoms with Crippen molar-refractivity contribution in [1.29, 1.82) is 0 Å². The van der Waals surface area contributed by atoms with Gasteiger partial charge in [0.15, 0.2) is 5.82 Å². The van der Waals surface area contributed by atoms with Gasteiger partial charge in [-0.3, -0.25) is 9.80 Å². The van der Waals surface area contributed by atoms with Crippen LogP contribution in [0.2, 0.25) is 0 Å². The predicted octanol–water partition coefficient (Wildman–Crippen LogP) is 3.41. The maximum absolute atomic E-state index is 5.42. The van der Waals surface area contributed by atoms with E-state index in [1.165, 1.54) is 48.7 Å². The number of aromatic nitrogens is 4. The molecular weight excluding hydrogens is 482 g/mol. The number of rotatable bonds is 4. The summed E-state index contributed by atoms with van der Waals surface area (Å²) in [6.07, 6.45) is 7.02. The molecule has 0 saturated carbocycles. The van der Waals surface area contributed by atoms with Gasteiger partial charge in [-0.1, -0.05) is 0 Å². The van der Waals surface area contributed by atoms with Crippen molar-refractivity contribution >= 4 is 30.2 Å². The number of hydrogen-bond acceptors (Lipinski definition) is 7. The number of aryl methyl sites for hydroxylation is 2. The first-order valence-corrected chi connectivity index (χ1v) is 13.8. The molecule has 0 amide bonds. The van der Waals surface area contributed by atoms with Crippen molar-refractivity contribution in [2.45, 2.75) is 57.5 Å². The summed E-state index contributed by atoms with van der Waals surface area (Å²) >= 11 is 0. The van der Waals surface area contributed by atoms with Crippen LogP contribution in [0, 0.1) is 13.8 Å². The van der Waals surface area contributed by atoms with Crippen molar-refractivity contribution in [3.05, 3.63) is 41.3 Å². The molecule has 0 bridgehead atoms. The monoisotopic (exact) mass is 521 g/mol. The van der Waals surface area contributed by atoms with Crippen LogP contribution in [-0.4, -0.2) is 94.1 Å². The van der Waals surface area contributed by atoms with Crippen LogP contribution < -0.4 is 4.90 Å². The summed E-state index contributed by atoms with van der Waals surface area (Å²) < 4.78 is 7.45. The van der Waals surface area contributed by atoms with Gasteiger partial charge in [0.1, 0.15) is 11.6 Å². The van der Waals surface area contributed by atoms with Crippen molar-refractivity contribution in [3.8, 4) is 5.82 Å². The Morgan fingerprint density at radius 3 is 2.41 bits per heavy atom. The zero-order valence-electron chi connectivity index (χ0n) is 22.1. The van der Waals surface area contributed by atoms with Gasteiger partial charge in [0.05, 0.1) is 31.0 Å². The minimum Gasteiger partial charge on any atom is -0.378 e. The predicted molar refractivity (Wildman–Crippen MR) is 151 cm³/mol. The SMILES string of the molecule is Cc1nc(N2CCN3CCC[C@H]3C2)cc(-n2ncc3cc(C)c(C4CCN(C5COC5)CC4)cc32)n1.S. The maximum atomic E-state index is 5.42. The second-order valence-electron chi connectivity index (χ2n) is 11.2. The molecule has 37 heavy (non-hydrogen) atoms. The van der Waals surface area contributed by atoms with Gasteiger partial charge in [-0.2, -0.15) is 18.6 Å². The Balaban J connectivity index is 0.00000252. The highest BCUT2D eigenvalue weighted by Gasteiger charge is 2.32. The summed E-state index contributed by atoms with van der Waals surface area (Å²) in [4.78, 5) is 17.4. The first-order chi connectivity index (χ1) is 17.6. The van der Waals surface area contributed by atoms with Gasteiger partial charge >= 0.3 is 0 Å². The Kier molecular flexibility index (Phi) is 6.90. The number of nitrogens with zero attached hydrogens (tertiary/aromatic N) is 7. The molecule has 1 aromatic carbocycles. The minimum absolute atomic E-state index is 0. The molecule has 3 aromatic rings. The highest BCUT2D eigenvalue weighted by molar-refractivity contribution is 7.59. The van der Waals surface area contributed by atoms with Crippen LogP contribution in [0.5, 0.6) is 0 Å². The van der Waals surface area contributed by atoms with Gasteiger partial charge in [-0.15, -0.1) is 0 Å². The fourth-order valence-electron chi connectivity index (χ4n) is 6.84. The van der Waals surface area contributed by atoms with E-state index >= 15 is 0 Å². The van der Waals surface area contributed by atoms with E-state index in [4.69, 9.17) is 19.8 Å². The number of fused-ring (bicyclic) bond motifs is 2. The quantitative estimate of drug-likeness (QED) is 0.521. The lowest BCUT2D eigenvalue weighted by Crippen LogP contribution is -2.51. The highest BCUT2D eigenvalue weighted by atomic mass is 32.1. The Labute approximate surface area is 226 Å². The summed E-state index contributed by atoms with van der Waals surface area (Å²) in [5, 5.41) is 5.98. The van der Waals surface area contributed by atoms with Crippen LogP contribution in [0.3, 0.4) is 0 Å². The van der Waals surface area contributed by atoms with Crippen molar-refractivity contribution in [2.75, 3.05) is 57.4 Å². The molecule has 0 unspecified atom stereocenters. The Morgan fingerprint density at radius 2 is 1.62 bits per heavy atom. The Bertz CT molecular complexity index is 1270. The molecule has 0 spiro atoms. The van der Waals surface area contributed by atoms with Gasteiger partial charge < -0.3 is 9.64 Å². The molecule has 4 aliphatic rings. The third-order valence-corrected chi connectivity index (χ3v) is 9.00. The molecule has 9 heteroatoms. The largest absolute Gasteiger partial charge is 0.378 e. The van der Waals surface area contributed by atoms with E-state index in [0.29, 0.717) is 18.0 Å². The van der Waals surface area contributed by atoms with E-state index in [2.05, 4.69) is 39.8 Å². The number of piperazine rings is 1. The molecule has 4 aliphatic heterocycles. The summed E-state index contributed by atoms with van der Waals surface area (Å²) in [7, 11) is 0. The molecule has 7 rings (SSSR count). The third kappa shape index (κ3) is 4.64. The number of hydrogen-bond donors (Lipinski definition) is 0. The molecule has 1 atom stereocenters. The molecule has 6 heterocycles. The van der Waals surface area contributed by atoms with Crippen LogP contribution in [0.4, 0.5) is 5.82 Å². The standard InChI is InChI=1S/C28H37N7O.H2S/c1-19-12-22-15-29-35(26(22)13-25(19)21-5-8-33(9-6-21)24-17-36-18-24)28-14-27(30-20(2)31-28)34-11-10-32-7-3-4-23(32)16-34;/h12-15,21,23-24H,3-11,16-18H2,1-2H3;1H2/t23-;/m0./s1. The molecule has 0 aliphatic carbocycles. The van der Waals surface area contributed by atoms with Crippen molar-refractivity contribution in [3.63, 3.8) is 0 Å². The van der Waals surface area contributed by atoms with Gasteiger partial charge in [0, 0.05) is 37.1 Å². The molecule has 4 fully saturated rings. The van der Waals surface area contributed by atoms with Gasteiger partial charge in [0.2, 0.25) is 0 Å². The second-order valence-corrected chi connectivity index (χ2v) is 11.2. The fraction of sp³-hybridized carbons (Fsp3) is 0.607. The minimum atomic E-state index is 0. The molecular formula is C28H39N7OS. The van der Waals surface area contributed by atoms with Crippen LogP contribution in [0.15, 0.2) is 24.4 Å². The number of likely N-dealkylation sites (tertiary alicyclic amines) is 1. The number of benzene rings is 1. The molecule has 8 nitrogen and oxygen atoms in total. The second kappa shape index (κ2) is 10.2. The zero-order valence-corrected chi connectivity index (χ0v) is 23.1. The number of ether oxygens (including phenoxy) is 1. The normalized spacial score (nSPS) is 23.7. The van der Waals surface area contributed by atoms with E-state index in [9.17, 15) is 0 Å². The summed E-state index contributed by atoms with van der Waals surface area (Å²) in [6.45, 7) is 12.9. The van der Waals surface area contributed by atoms with E-state index in [1.54, 1.807) is 0 Å². The average molecular weight is 522 g/mol. The van der Waals surface area contributed by atoms with Crippen molar-refractivity contribution in [2.24, 2.45) is 0 Å². The van der Waals surface area contributed by atoms with Gasteiger partial charge in [0.25, 0.3) is 0 Å². The Hall–Kier alpha value is -2.20. The summed E-state index contributed by atoms with van der Waals surface area (Å²) in [5.74, 6) is 3.31. The maximum Gasteiger partial charge on any atom is 0.159 e. The zero-order chi connectivity index (χ0) is 24.2. The lowest BCUT2D eigenvalue weighted by molar-refractivity contribution is -0.0712. The molecule has 2 aromatic heterocycles. The van der Waals surface area contributed by atoms with Crippen LogP contribution in [0.1, 0.15) is 48.6 Å². The van der Waals surface area contributed by atoms with Crippen molar-refractivity contribution < 1.29 is 4.74 Å². The first-order valence-electron chi connectivity index (χ1n) is 13.8. The topological polar surface area (TPSA) is 62.6 Å². The van der Waals surface area contributed by atoms with Gasteiger partial charge in [-0.05, 0) is 88.3 Å². The van der Waals surface area contributed by atoms with Crippen LogP contribution >= 0.6 is 13.5 Å².